The second-order valence-electron chi connectivity index (χ2n) is 10.0. The Morgan fingerprint density at radius 2 is 1.75 bits per heavy atom. The lowest BCUT2D eigenvalue weighted by molar-refractivity contribution is -0.143. The van der Waals surface area contributed by atoms with Crippen molar-refractivity contribution in [3.05, 3.63) is 35.4 Å². The molecular weight excluding hydrogens is 460 g/mol. The summed E-state index contributed by atoms with van der Waals surface area (Å²) < 4.78 is 5.26. The summed E-state index contributed by atoms with van der Waals surface area (Å²) in [4.78, 5) is 52.8. The molecule has 2 unspecified atom stereocenters. The van der Waals surface area contributed by atoms with Crippen LogP contribution in [0.3, 0.4) is 0 Å². The molecule has 4 N–H and O–H groups in total. The van der Waals surface area contributed by atoms with E-state index in [0.717, 1.165) is 32.1 Å². The molecule has 196 valence electrons. The van der Waals surface area contributed by atoms with Crippen LogP contribution in [0.2, 0.25) is 0 Å². The van der Waals surface area contributed by atoms with Crippen LogP contribution >= 0.6 is 0 Å². The van der Waals surface area contributed by atoms with E-state index < -0.39 is 42.0 Å². The standard InChI is InChI=1S/C27H38N4O5/c1-6-18-13-15-19(16-14-18)23(24(33)29-20-11-9-8-10-12-20)31(7-2)25(34)21(17-22(28)32)30-26(35)36-27(3,4)5/h1,13-16,20-21,23H,7-12,17H2,2-5H3,(H2,28,32)(H,29,33)(H,30,35). The molecule has 0 spiro atoms. The van der Waals surface area contributed by atoms with Crippen LogP contribution < -0.4 is 16.4 Å². The molecule has 1 saturated carbocycles. The van der Waals surface area contributed by atoms with Crippen LogP contribution in [-0.4, -0.2) is 52.9 Å². The average molecular weight is 499 g/mol. The van der Waals surface area contributed by atoms with Gasteiger partial charge in [0.2, 0.25) is 17.7 Å². The van der Waals surface area contributed by atoms with Gasteiger partial charge in [0.05, 0.1) is 6.42 Å². The first kappa shape index (κ1) is 28.7. The van der Waals surface area contributed by atoms with E-state index in [4.69, 9.17) is 16.9 Å². The molecule has 0 bridgehead atoms. The van der Waals surface area contributed by atoms with E-state index in [1.807, 2.05) is 0 Å². The lowest BCUT2D eigenvalue weighted by atomic mass is 9.94. The van der Waals surface area contributed by atoms with Gasteiger partial charge in [-0.2, -0.15) is 0 Å². The Kier molecular flexibility index (Phi) is 10.3. The molecule has 0 radical (unpaired) electrons. The zero-order chi connectivity index (χ0) is 26.9. The Labute approximate surface area is 213 Å². The van der Waals surface area contributed by atoms with Gasteiger partial charge in [0.25, 0.3) is 0 Å². The molecule has 1 aromatic carbocycles. The van der Waals surface area contributed by atoms with Crippen molar-refractivity contribution in [2.75, 3.05) is 6.54 Å². The Hall–Kier alpha value is -3.54. The van der Waals surface area contributed by atoms with Crippen molar-refractivity contribution in [2.45, 2.75) is 89.9 Å². The predicted molar refractivity (Wildman–Crippen MR) is 136 cm³/mol. The number of alkyl carbamates (subject to hydrolysis) is 1. The number of hydrogen-bond donors (Lipinski definition) is 3. The van der Waals surface area contributed by atoms with Crippen molar-refractivity contribution in [1.82, 2.24) is 15.5 Å². The number of nitrogens with two attached hydrogens (primary N) is 1. The predicted octanol–water partition coefficient (Wildman–Crippen LogP) is 2.78. The number of nitrogens with one attached hydrogen (secondary N) is 2. The molecule has 1 aromatic rings. The maximum Gasteiger partial charge on any atom is 0.408 e. The van der Waals surface area contributed by atoms with Gasteiger partial charge in [0.1, 0.15) is 17.7 Å². The molecule has 9 heteroatoms. The summed E-state index contributed by atoms with van der Waals surface area (Å²) >= 11 is 0. The summed E-state index contributed by atoms with van der Waals surface area (Å²) in [5.74, 6) is 0.813. The van der Waals surface area contributed by atoms with Gasteiger partial charge in [-0.25, -0.2) is 4.79 Å². The van der Waals surface area contributed by atoms with E-state index in [1.54, 1.807) is 52.0 Å². The SMILES string of the molecule is C#Cc1ccc(C(C(=O)NC2CCCCC2)N(CC)C(=O)C(CC(N)=O)NC(=O)OC(C)(C)C)cc1. The van der Waals surface area contributed by atoms with Crippen LogP contribution in [0.1, 0.15) is 83.4 Å². The third-order valence-corrected chi connectivity index (χ3v) is 5.92. The second-order valence-corrected chi connectivity index (χ2v) is 10.0. The second kappa shape index (κ2) is 13.0. The first-order valence-electron chi connectivity index (χ1n) is 12.4. The van der Waals surface area contributed by atoms with Crippen molar-refractivity contribution in [2.24, 2.45) is 5.73 Å². The van der Waals surface area contributed by atoms with Gasteiger partial charge in [0.15, 0.2) is 0 Å². The van der Waals surface area contributed by atoms with Crippen LogP contribution in [-0.2, 0) is 19.1 Å². The molecular formula is C27H38N4O5. The molecule has 1 aliphatic rings. The fraction of sp³-hybridized carbons (Fsp3) is 0.556. The number of ether oxygens (including phenoxy) is 1. The van der Waals surface area contributed by atoms with Gasteiger partial charge in [-0.15, -0.1) is 6.42 Å². The maximum atomic E-state index is 13.7. The van der Waals surface area contributed by atoms with Crippen molar-refractivity contribution < 1.29 is 23.9 Å². The molecule has 9 nitrogen and oxygen atoms in total. The number of primary amides is 1. The Bertz CT molecular complexity index is 971. The van der Waals surface area contributed by atoms with Gasteiger partial charge in [0, 0.05) is 18.2 Å². The maximum absolute atomic E-state index is 13.7. The van der Waals surface area contributed by atoms with Crippen molar-refractivity contribution in [1.29, 1.82) is 0 Å². The number of terminal acetylenes is 1. The number of amides is 4. The van der Waals surface area contributed by atoms with Gasteiger partial charge in [-0.1, -0.05) is 37.3 Å². The summed E-state index contributed by atoms with van der Waals surface area (Å²) in [6.07, 6.45) is 9.12. The van der Waals surface area contributed by atoms with Gasteiger partial charge in [-0.3, -0.25) is 14.4 Å². The molecule has 0 heterocycles. The molecule has 1 aliphatic carbocycles. The topological polar surface area (TPSA) is 131 Å². The van der Waals surface area contributed by atoms with Crippen molar-refractivity contribution >= 4 is 23.8 Å². The molecule has 36 heavy (non-hydrogen) atoms. The lowest BCUT2D eigenvalue weighted by Gasteiger charge is -2.35. The van der Waals surface area contributed by atoms with Crippen LogP contribution in [0.5, 0.6) is 0 Å². The van der Waals surface area contributed by atoms with Crippen molar-refractivity contribution in [3.8, 4) is 12.3 Å². The minimum atomic E-state index is -1.30. The zero-order valence-corrected chi connectivity index (χ0v) is 21.6. The summed E-state index contributed by atoms with van der Waals surface area (Å²) in [6, 6.07) is 4.55. The van der Waals surface area contributed by atoms with Crippen LogP contribution in [0.25, 0.3) is 0 Å². The summed E-state index contributed by atoms with van der Waals surface area (Å²) in [7, 11) is 0. The number of nitrogens with zero attached hydrogens (tertiary/aromatic N) is 1. The summed E-state index contributed by atoms with van der Waals surface area (Å²) in [5, 5.41) is 5.54. The molecule has 0 saturated heterocycles. The highest BCUT2D eigenvalue weighted by Gasteiger charge is 2.36. The van der Waals surface area contributed by atoms with E-state index in [2.05, 4.69) is 16.6 Å². The highest BCUT2D eigenvalue weighted by atomic mass is 16.6. The molecule has 2 rings (SSSR count). The lowest BCUT2D eigenvalue weighted by Crippen LogP contribution is -2.54. The summed E-state index contributed by atoms with van der Waals surface area (Å²) in [6.45, 7) is 6.91. The van der Waals surface area contributed by atoms with Crippen LogP contribution in [0, 0.1) is 12.3 Å². The Balaban J connectivity index is 2.39. The first-order chi connectivity index (χ1) is 16.9. The van der Waals surface area contributed by atoms with E-state index in [9.17, 15) is 19.2 Å². The number of hydrogen-bond acceptors (Lipinski definition) is 5. The zero-order valence-electron chi connectivity index (χ0n) is 21.6. The Morgan fingerprint density at radius 3 is 2.25 bits per heavy atom. The summed E-state index contributed by atoms with van der Waals surface area (Å²) in [5.41, 5.74) is 5.77. The quantitative estimate of drug-likeness (QED) is 0.451. The number of rotatable bonds is 9. The first-order valence-corrected chi connectivity index (χ1v) is 12.4. The van der Waals surface area contributed by atoms with Crippen molar-refractivity contribution in [3.63, 3.8) is 0 Å². The molecule has 0 aliphatic heterocycles. The fourth-order valence-electron chi connectivity index (χ4n) is 4.28. The number of benzene rings is 1. The third kappa shape index (κ3) is 8.59. The van der Waals surface area contributed by atoms with Gasteiger partial charge >= 0.3 is 6.09 Å². The number of likely N-dealkylation sites (N-methyl/N-ethyl adjacent to an activating group) is 1. The van der Waals surface area contributed by atoms with E-state index in [-0.39, 0.29) is 18.5 Å². The van der Waals surface area contributed by atoms with Crippen LogP contribution in [0.4, 0.5) is 4.79 Å². The minimum absolute atomic E-state index is 0.0221. The van der Waals surface area contributed by atoms with E-state index >= 15 is 0 Å². The third-order valence-electron chi connectivity index (χ3n) is 5.92. The van der Waals surface area contributed by atoms with E-state index in [1.165, 1.54) is 4.90 Å². The van der Waals surface area contributed by atoms with Gasteiger partial charge < -0.3 is 26.0 Å². The largest absolute Gasteiger partial charge is 0.444 e. The fourth-order valence-corrected chi connectivity index (χ4v) is 4.28. The van der Waals surface area contributed by atoms with Crippen LogP contribution in [0.15, 0.2) is 24.3 Å². The monoisotopic (exact) mass is 498 g/mol. The van der Waals surface area contributed by atoms with E-state index in [0.29, 0.717) is 11.1 Å². The molecule has 2 atom stereocenters. The van der Waals surface area contributed by atoms with Gasteiger partial charge in [-0.05, 0) is 58.2 Å². The average Bonchev–Trinajstić information content (AvgIpc) is 2.80. The number of carbonyl (C=O) groups excluding carboxylic acids is 4. The smallest absolute Gasteiger partial charge is 0.408 e. The molecule has 0 aromatic heterocycles. The molecule has 4 amide bonds. The number of carbonyl (C=O) groups is 4. The highest BCUT2D eigenvalue weighted by Crippen LogP contribution is 2.25. The molecule has 1 fully saturated rings. The Morgan fingerprint density at radius 1 is 1.14 bits per heavy atom. The highest BCUT2D eigenvalue weighted by molar-refractivity contribution is 5.94. The minimum Gasteiger partial charge on any atom is -0.444 e. The normalized spacial score (nSPS) is 15.6.